The first kappa shape index (κ1) is 23.9. The van der Waals surface area contributed by atoms with E-state index in [4.69, 9.17) is 0 Å². The van der Waals surface area contributed by atoms with E-state index in [2.05, 4.69) is 20.6 Å². The molecule has 0 spiro atoms. The number of nitrogens with one attached hydrogen (secondary N) is 2. The molecule has 6 nitrogen and oxygen atoms in total. The Kier molecular flexibility index (Phi) is 11.0. The summed E-state index contributed by atoms with van der Waals surface area (Å²) in [7, 11) is 3.26. The zero-order valence-corrected chi connectivity index (χ0v) is 17.5. The van der Waals surface area contributed by atoms with Crippen LogP contribution in [0.5, 0.6) is 0 Å². The molecule has 0 saturated heterocycles. The van der Waals surface area contributed by atoms with Gasteiger partial charge in [-0.25, -0.2) is 9.98 Å². The van der Waals surface area contributed by atoms with Gasteiger partial charge in [0.1, 0.15) is 11.6 Å². The van der Waals surface area contributed by atoms with Crippen molar-refractivity contribution >= 4 is 47.2 Å². The van der Waals surface area contributed by atoms with Crippen molar-refractivity contribution in [2.24, 2.45) is 4.99 Å². The minimum Gasteiger partial charge on any atom is -0.356 e. The van der Waals surface area contributed by atoms with Gasteiger partial charge in [0.2, 0.25) is 5.91 Å². The second-order valence-corrected chi connectivity index (χ2v) is 6.15. The predicted octanol–water partition coefficient (Wildman–Crippen LogP) is 2.70. The number of halogens is 4. The van der Waals surface area contributed by atoms with E-state index in [0.717, 1.165) is 29.6 Å². The minimum atomic E-state index is -4.44. The summed E-state index contributed by atoms with van der Waals surface area (Å²) in [5.74, 6) is 0.211. The zero-order chi connectivity index (χ0) is 18.2. The molecule has 0 fully saturated rings. The Morgan fingerprint density at radius 2 is 2.04 bits per heavy atom. The second-order valence-electron chi connectivity index (χ2n) is 5.21. The third-order valence-electron chi connectivity index (χ3n) is 2.94. The zero-order valence-electron chi connectivity index (χ0n) is 14.3. The first-order valence-corrected chi connectivity index (χ1v) is 8.36. The Hall–Kier alpha value is -1.11. The summed E-state index contributed by atoms with van der Waals surface area (Å²) in [4.78, 5) is 20.7. The molecule has 11 heteroatoms. The fourth-order valence-corrected chi connectivity index (χ4v) is 2.27. The number of alkyl halides is 3. The molecule has 0 aliphatic rings. The van der Waals surface area contributed by atoms with Gasteiger partial charge in [-0.15, -0.1) is 35.3 Å². The fourth-order valence-electron chi connectivity index (χ4n) is 1.53. The lowest BCUT2D eigenvalue weighted by atomic mass is 10.3. The smallest absolute Gasteiger partial charge is 0.356 e. The van der Waals surface area contributed by atoms with Gasteiger partial charge in [0.25, 0.3) is 0 Å². The van der Waals surface area contributed by atoms with Crippen molar-refractivity contribution in [3.8, 4) is 0 Å². The monoisotopic (exact) mass is 493 g/mol. The number of rotatable bonds is 7. The number of likely N-dealkylation sites (N-methyl/N-ethyl adjacent to an activating group) is 1. The van der Waals surface area contributed by atoms with E-state index in [-0.39, 0.29) is 43.0 Å². The average Bonchev–Trinajstić information content (AvgIpc) is 2.98. The molecule has 1 amide bonds. The number of amides is 1. The lowest BCUT2D eigenvalue weighted by molar-refractivity contribution is -0.140. The van der Waals surface area contributed by atoms with Crippen LogP contribution in [0.25, 0.3) is 0 Å². The number of hydrogen-bond acceptors (Lipinski definition) is 4. The summed E-state index contributed by atoms with van der Waals surface area (Å²) >= 11 is 0.924. The summed E-state index contributed by atoms with van der Waals surface area (Å²) in [6.07, 6.45) is -2.54. The molecule has 0 aliphatic carbocycles. The summed E-state index contributed by atoms with van der Waals surface area (Å²) in [6.45, 7) is 2.76. The molecule has 0 bridgehead atoms. The largest absolute Gasteiger partial charge is 0.434 e. The molecule has 0 saturated carbocycles. The fraction of sp³-hybridized carbons (Fsp3) is 0.643. The number of guanidine groups is 1. The van der Waals surface area contributed by atoms with Crippen LogP contribution < -0.4 is 10.6 Å². The third kappa shape index (κ3) is 9.23. The van der Waals surface area contributed by atoms with Crippen molar-refractivity contribution in [1.29, 1.82) is 0 Å². The van der Waals surface area contributed by atoms with Crippen LogP contribution in [0.4, 0.5) is 13.2 Å². The number of carbonyl (C=O) groups excluding carboxylic acids is 1. The Bertz CT molecular complexity index is 563. The number of nitrogens with zero attached hydrogens (tertiary/aromatic N) is 3. The van der Waals surface area contributed by atoms with Gasteiger partial charge in [-0.2, -0.15) is 13.2 Å². The molecule has 0 radical (unpaired) electrons. The van der Waals surface area contributed by atoms with Crippen LogP contribution in [0.15, 0.2) is 10.4 Å². The van der Waals surface area contributed by atoms with Gasteiger partial charge >= 0.3 is 6.18 Å². The summed E-state index contributed by atoms with van der Waals surface area (Å²) in [5, 5.41) is 7.23. The highest BCUT2D eigenvalue weighted by Crippen LogP contribution is 2.29. The predicted molar refractivity (Wildman–Crippen MR) is 103 cm³/mol. The van der Waals surface area contributed by atoms with Crippen LogP contribution in [0.3, 0.4) is 0 Å². The molecule has 1 heterocycles. The number of aromatic nitrogens is 1. The first-order chi connectivity index (χ1) is 11.2. The average molecular weight is 493 g/mol. The van der Waals surface area contributed by atoms with Gasteiger partial charge in [-0.05, 0) is 6.42 Å². The van der Waals surface area contributed by atoms with Gasteiger partial charge in [0.15, 0.2) is 11.7 Å². The van der Waals surface area contributed by atoms with Crippen molar-refractivity contribution in [1.82, 2.24) is 20.5 Å². The van der Waals surface area contributed by atoms with Gasteiger partial charge in [-0.3, -0.25) is 4.79 Å². The van der Waals surface area contributed by atoms with Crippen LogP contribution in [0.2, 0.25) is 0 Å². The summed E-state index contributed by atoms with van der Waals surface area (Å²) < 4.78 is 37.6. The molecule has 2 N–H and O–H groups in total. The van der Waals surface area contributed by atoms with Gasteiger partial charge in [-0.1, -0.05) is 13.3 Å². The Balaban J connectivity index is 0.00000576. The maximum Gasteiger partial charge on any atom is 0.434 e. The van der Waals surface area contributed by atoms with Gasteiger partial charge in [0.05, 0.1) is 6.54 Å². The Morgan fingerprint density at radius 3 is 2.56 bits per heavy atom. The minimum absolute atomic E-state index is 0. The number of aliphatic imine (C=N–C) groups is 1. The van der Waals surface area contributed by atoms with Crippen molar-refractivity contribution in [2.75, 3.05) is 27.2 Å². The van der Waals surface area contributed by atoms with Crippen LogP contribution in [-0.4, -0.2) is 48.9 Å². The highest BCUT2D eigenvalue weighted by Gasteiger charge is 2.33. The second kappa shape index (κ2) is 11.5. The number of hydrogen-bond donors (Lipinski definition) is 2. The standard InChI is InChI=1S/C14H22F3N5OS.HI/c1-4-5-6-18-13(20-8-12(23)22(2)3)19-7-11-21-10(9-24-11)14(15,16)17;/h9H,4-8H2,1-3H3,(H2,18,19,20);1H. The van der Waals surface area contributed by atoms with Crippen molar-refractivity contribution in [2.45, 2.75) is 32.5 Å². The summed E-state index contributed by atoms with van der Waals surface area (Å²) in [6, 6.07) is 0. The SMILES string of the molecule is CCCCNC(=NCC(=O)N(C)C)NCc1nc(C(F)(F)F)cs1.I. The topological polar surface area (TPSA) is 69.6 Å². The quantitative estimate of drug-likeness (QED) is 0.265. The van der Waals surface area contributed by atoms with Crippen molar-refractivity contribution < 1.29 is 18.0 Å². The van der Waals surface area contributed by atoms with Crippen molar-refractivity contribution in [3.63, 3.8) is 0 Å². The van der Waals surface area contributed by atoms with E-state index >= 15 is 0 Å². The molecule has 1 rings (SSSR count). The molecule has 0 atom stereocenters. The van der Waals surface area contributed by atoms with E-state index < -0.39 is 11.9 Å². The van der Waals surface area contributed by atoms with Crippen LogP contribution in [-0.2, 0) is 17.5 Å². The molecule has 0 aromatic carbocycles. The number of unbranched alkanes of at least 4 members (excludes halogenated alkanes) is 1. The van der Waals surface area contributed by atoms with E-state index in [1.807, 2.05) is 6.92 Å². The molecule has 1 aromatic heterocycles. The number of thiazole rings is 1. The van der Waals surface area contributed by atoms with Crippen LogP contribution in [0, 0.1) is 0 Å². The number of carbonyl (C=O) groups is 1. The lowest BCUT2D eigenvalue weighted by Gasteiger charge is -2.13. The molecular formula is C14H23F3IN5OS. The maximum atomic E-state index is 12.5. The molecular weight excluding hydrogens is 470 g/mol. The van der Waals surface area contributed by atoms with Crippen molar-refractivity contribution in [3.05, 3.63) is 16.1 Å². The maximum absolute atomic E-state index is 12.5. The highest BCUT2D eigenvalue weighted by molar-refractivity contribution is 14.0. The third-order valence-corrected chi connectivity index (χ3v) is 3.79. The lowest BCUT2D eigenvalue weighted by Crippen LogP contribution is -2.38. The summed E-state index contributed by atoms with van der Waals surface area (Å²) in [5.41, 5.74) is -0.899. The van der Waals surface area contributed by atoms with Crippen LogP contribution >= 0.6 is 35.3 Å². The first-order valence-electron chi connectivity index (χ1n) is 7.48. The molecule has 0 aliphatic heterocycles. The van der Waals surface area contributed by atoms with Crippen LogP contribution in [0.1, 0.15) is 30.5 Å². The molecule has 25 heavy (non-hydrogen) atoms. The van der Waals surface area contributed by atoms with E-state index in [1.54, 1.807) is 14.1 Å². The Labute approximate surface area is 166 Å². The van der Waals surface area contributed by atoms with Gasteiger partial charge < -0.3 is 15.5 Å². The Morgan fingerprint density at radius 1 is 1.36 bits per heavy atom. The van der Waals surface area contributed by atoms with E-state index in [1.165, 1.54) is 4.90 Å². The van der Waals surface area contributed by atoms with E-state index in [9.17, 15) is 18.0 Å². The van der Waals surface area contributed by atoms with E-state index in [0.29, 0.717) is 17.5 Å². The van der Waals surface area contributed by atoms with Gasteiger partial charge in [0, 0.05) is 26.0 Å². The molecule has 1 aromatic rings. The molecule has 144 valence electrons. The normalized spacial score (nSPS) is 11.7. The highest BCUT2D eigenvalue weighted by atomic mass is 127. The molecule has 0 unspecified atom stereocenters.